The summed E-state index contributed by atoms with van der Waals surface area (Å²) in [6, 6.07) is 0. The normalized spacial score (nSPS) is 37.3. The van der Waals surface area contributed by atoms with Crippen molar-refractivity contribution in [2.45, 2.75) is 83.3 Å². The predicted molar refractivity (Wildman–Crippen MR) is 76.9 cm³/mol. The molecule has 1 unspecified atom stereocenters. The lowest BCUT2D eigenvalue weighted by molar-refractivity contribution is -0.250. The van der Waals surface area contributed by atoms with E-state index < -0.39 is 29.7 Å². The average Bonchev–Trinajstić information content (AvgIpc) is 2.94. The third kappa shape index (κ3) is 3.02. The lowest BCUT2D eigenvalue weighted by Gasteiger charge is -2.33. The van der Waals surface area contributed by atoms with Crippen LogP contribution in [0.15, 0.2) is 0 Å². The first-order valence-electron chi connectivity index (χ1n) is 8.17. The highest BCUT2D eigenvalue weighted by Crippen LogP contribution is 2.45. The molecule has 0 bridgehead atoms. The van der Waals surface area contributed by atoms with Gasteiger partial charge in [-0.3, -0.25) is 4.79 Å². The van der Waals surface area contributed by atoms with Crippen molar-refractivity contribution in [1.29, 1.82) is 0 Å². The molecule has 3 aliphatic rings. The smallest absolute Gasteiger partial charge is 0.311 e. The first-order chi connectivity index (χ1) is 10.3. The van der Waals surface area contributed by atoms with Gasteiger partial charge in [0.15, 0.2) is 12.1 Å². The number of carbonyl (C=O) groups is 1. The van der Waals surface area contributed by atoms with Crippen molar-refractivity contribution in [1.82, 2.24) is 0 Å². The summed E-state index contributed by atoms with van der Waals surface area (Å²) in [6.45, 7) is 5.48. The Kier molecular flexibility index (Phi) is 4.22. The van der Waals surface area contributed by atoms with E-state index in [9.17, 15) is 9.90 Å². The molecule has 0 radical (unpaired) electrons. The molecule has 4 atom stereocenters. The van der Waals surface area contributed by atoms with Gasteiger partial charge in [-0.15, -0.1) is 0 Å². The molecule has 1 spiro atoms. The van der Waals surface area contributed by atoms with Crippen LogP contribution in [0, 0.1) is 5.41 Å². The maximum absolute atomic E-state index is 11.9. The fourth-order valence-electron chi connectivity index (χ4n) is 3.33. The number of ether oxygens (including phenoxy) is 4. The molecule has 3 fully saturated rings. The van der Waals surface area contributed by atoms with Crippen LogP contribution in [-0.2, 0) is 23.7 Å². The Labute approximate surface area is 131 Å². The second-order valence-electron chi connectivity index (χ2n) is 7.55. The average molecular weight is 314 g/mol. The number of carbonyl (C=O) groups excluding carboxylic acids is 1. The van der Waals surface area contributed by atoms with Crippen LogP contribution in [-0.4, -0.2) is 48.1 Å². The number of rotatable bonds is 2. The molecule has 126 valence electrons. The number of esters is 1. The Morgan fingerprint density at radius 2 is 1.82 bits per heavy atom. The zero-order chi connectivity index (χ0) is 16.0. The molecule has 0 aromatic rings. The molecular weight excluding hydrogens is 288 g/mol. The van der Waals surface area contributed by atoms with Crippen molar-refractivity contribution in [2.24, 2.45) is 5.41 Å². The molecule has 2 aliphatic heterocycles. The molecule has 22 heavy (non-hydrogen) atoms. The molecule has 0 aromatic heterocycles. The van der Waals surface area contributed by atoms with E-state index in [4.69, 9.17) is 18.9 Å². The van der Waals surface area contributed by atoms with Crippen LogP contribution < -0.4 is 0 Å². The van der Waals surface area contributed by atoms with Crippen molar-refractivity contribution < 1.29 is 28.8 Å². The highest BCUT2D eigenvalue weighted by molar-refractivity contribution is 5.75. The Bertz CT molecular complexity index is 423. The van der Waals surface area contributed by atoms with Crippen LogP contribution in [0.1, 0.15) is 52.9 Å². The van der Waals surface area contributed by atoms with Crippen molar-refractivity contribution in [3.8, 4) is 0 Å². The quantitative estimate of drug-likeness (QED) is 0.783. The van der Waals surface area contributed by atoms with Gasteiger partial charge in [0.05, 0.1) is 5.41 Å². The zero-order valence-electron chi connectivity index (χ0n) is 13.5. The van der Waals surface area contributed by atoms with E-state index in [1.165, 1.54) is 6.42 Å². The number of hydrogen-bond donors (Lipinski definition) is 1. The zero-order valence-corrected chi connectivity index (χ0v) is 13.5. The third-order valence-electron chi connectivity index (χ3n) is 4.59. The molecule has 3 rings (SSSR count). The van der Waals surface area contributed by atoms with Crippen LogP contribution >= 0.6 is 0 Å². The van der Waals surface area contributed by atoms with Crippen molar-refractivity contribution in [3.05, 3.63) is 0 Å². The molecule has 6 heteroatoms. The SMILES string of the molecule is CC(C)(C)C(=O)OC[C@H]1OC(O)[C@@H]2OC3(CCCCC3)O[C@H]12. The number of fused-ring (bicyclic) bond motifs is 1. The lowest BCUT2D eigenvalue weighted by atomic mass is 9.94. The van der Waals surface area contributed by atoms with E-state index in [0.717, 1.165) is 25.7 Å². The standard InChI is InChI=1S/C16H26O6/c1-15(2,3)14(18)19-9-10-11-12(13(17)20-10)22-16(21-11)7-5-4-6-8-16/h10-13,17H,4-9H2,1-3H3/t10-,11-,12-,13?/m1/s1. The van der Waals surface area contributed by atoms with E-state index in [1.807, 2.05) is 0 Å². The van der Waals surface area contributed by atoms with Crippen molar-refractivity contribution in [3.63, 3.8) is 0 Å². The third-order valence-corrected chi connectivity index (χ3v) is 4.59. The molecule has 0 aromatic carbocycles. The summed E-state index contributed by atoms with van der Waals surface area (Å²) in [5.41, 5.74) is -0.561. The van der Waals surface area contributed by atoms with Crippen LogP contribution in [0.5, 0.6) is 0 Å². The van der Waals surface area contributed by atoms with E-state index in [-0.39, 0.29) is 18.7 Å². The van der Waals surface area contributed by atoms with Gasteiger partial charge in [0.1, 0.15) is 24.9 Å². The minimum atomic E-state index is -1.02. The van der Waals surface area contributed by atoms with Gasteiger partial charge in [-0.05, 0) is 33.6 Å². The minimum absolute atomic E-state index is 0.0772. The second-order valence-corrected chi connectivity index (χ2v) is 7.55. The number of aliphatic hydroxyl groups excluding tert-OH is 1. The van der Waals surface area contributed by atoms with Crippen LogP contribution in [0.3, 0.4) is 0 Å². The number of aliphatic hydroxyl groups is 1. The van der Waals surface area contributed by atoms with Crippen molar-refractivity contribution in [2.75, 3.05) is 6.61 Å². The molecule has 2 heterocycles. The highest BCUT2D eigenvalue weighted by Gasteiger charge is 2.58. The topological polar surface area (TPSA) is 74.2 Å². The Morgan fingerprint density at radius 3 is 2.45 bits per heavy atom. The van der Waals surface area contributed by atoms with Gasteiger partial charge in [0.2, 0.25) is 0 Å². The number of hydrogen-bond acceptors (Lipinski definition) is 6. The first-order valence-corrected chi connectivity index (χ1v) is 8.17. The van der Waals surface area contributed by atoms with Gasteiger partial charge in [-0.25, -0.2) is 0 Å². The van der Waals surface area contributed by atoms with Gasteiger partial charge in [-0.2, -0.15) is 0 Å². The molecule has 0 amide bonds. The molecule has 1 saturated carbocycles. The van der Waals surface area contributed by atoms with Crippen LogP contribution in [0.2, 0.25) is 0 Å². The van der Waals surface area contributed by atoms with Gasteiger partial charge >= 0.3 is 5.97 Å². The molecule has 6 nitrogen and oxygen atoms in total. The highest BCUT2D eigenvalue weighted by atomic mass is 16.8. The van der Waals surface area contributed by atoms with E-state index in [2.05, 4.69) is 0 Å². The summed E-state index contributed by atoms with van der Waals surface area (Å²) in [5.74, 6) is -0.870. The van der Waals surface area contributed by atoms with E-state index in [1.54, 1.807) is 20.8 Å². The maximum Gasteiger partial charge on any atom is 0.311 e. The summed E-state index contributed by atoms with van der Waals surface area (Å²) in [6.07, 6.45) is 2.66. The Balaban J connectivity index is 1.61. The molecule has 1 aliphatic carbocycles. The van der Waals surface area contributed by atoms with Crippen molar-refractivity contribution >= 4 is 5.97 Å². The fraction of sp³-hybridized carbons (Fsp3) is 0.938. The lowest BCUT2D eigenvalue weighted by Crippen LogP contribution is -2.38. The minimum Gasteiger partial charge on any atom is -0.462 e. The Morgan fingerprint density at radius 1 is 1.18 bits per heavy atom. The fourth-order valence-corrected chi connectivity index (χ4v) is 3.33. The van der Waals surface area contributed by atoms with Crippen LogP contribution in [0.25, 0.3) is 0 Å². The van der Waals surface area contributed by atoms with Gasteiger partial charge in [0, 0.05) is 12.8 Å². The summed E-state index contributed by atoms with van der Waals surface area (Å²) in [7, 11) is 0. The first kappa shape index (κ1) is 16.2. The van der Waals surface area contributed by atoms with E-state index in [0.29, 0.717) is 0 Å². The van der Waals surface area contributed by atoms with Gasteiger partial charge < -0.3 is 24.1 Å². The molecule has 2 saturated heterocycles. The van der Waals surface area contributed by atoms with E-state index >= 15 is 0 Å². The summed E-state index contributed by atoms with van der Waals surface area (Å²) >= 11 is 0. The summed E-state index contributed by atoms with van der Waals surface area (Å²) in [5, 5.41) is 10.0. The monoisotopic (exact) mass is 314 g/mol. The molecule has 1 N–H and O–H groups in total. The summed E-state index contributed by atoms with van der Waals surface area (Å²) < 4.78 is 22.9. The maximum atomic E-state index is 11.9. The largest absolute Gasteiger partial charge is 0.462 e. The Hall–Kier alpha value is -0.690. The van der Waals surface area contributed by atoms with Gasteiger partial charge in [-0.1, -0.05) is 6.42 Å². The van der Waals surface area contributed by atoms with Gasteiger partial charge in [0.25, 0.3) is 0 Å². The second kappa shape index (κ2) is 5.74. The van der Waals surface area contributed by atoms with Crippen LogP contribution in [0.4, 0.5) is 0 Å². The molecular formula is C16H26O6. The summed E-state index contributed by atoms with van der Waals surface area (Å²) in [4.78, 5) is 11.9. The predicted octanol–water partition coefficient (Wildman–Crippen LogP) is 1.74.